The van der Waals surface area contributed by atoms with E-state index in [9.17, 15) is 0 Å². The summed E-state index contributed by atoms with van der Waals surface area (Å²) in [5.74, 6) is 0. The second kappa shape index (κ2) is 2.22. The molecule has 1 aromatic heterocycles. The highest BCUT2D eigenvalue weighted by Gasteiger charge is 1.93. The molecule has 0 aromatic carbocycles. The number of hydrogen-bond donors (Lipinski definition) is 1. The quantitative estimate of drug-likeness (QED) is 0.580. The van der Waals surface area contributed by atoms with Crippen molar-refractivity contribution in [3.05, 3.63) is 11.9 Å². The van der Waals surface area contributed by atoms with Crippen LogP contribution in [0.5, 0.6) is 0 Å². The number of H-pyrrole nitrogens is 1. The number of aromatic nitrogens is 2. The molecule has 0 aliphatic rings. The number of hydrogen-bond acceptors (Lipinski definition) is 2. The Kier molecular flexibility index (Phi) is 1.58. The van der Waals surface area contributed by atoms with Crippen LogP contribution in [0, 0.1) is 6.92 Å². The third-order valence-electron chi connectivity index (χ3n) is 1.00. The standard InChI is InChI=1S/C5H8N2S/c1-4-5(8-2)3-6-7-4/h3H,1-2H3,(H,6,7). The van der Waals surface area contributed by atoms with Crippen molar-refractivity contribution in [2.75, 3.05) is 6.26 Å². The van der Waals surface area contributed by atoms with Crippen molar-refractivity contribution in [3.8, 4) is 0 Å². The average molecular weight is 128 g/mol. The van der Waals surface area contributed by atoms with E-state index in [1.807, 2.05) is 19.4 Å². The monoisotopic (exact) mass is 128 g/mol. The van der Waals surface area contributed by atoms with Crippen LogP contribution in [-0.4, -0.2) is 16.5 Å². The number of aromatic amines is 1. The van der Waals surface area contributed by atoms with E-state index in [0.717, 1.165) is 5.69 Å². The first-order valence-electron chi connectivity index (χ1n) is 2.38. The van der Waals surface area contributed by atoms with Gasteiger partial charge in [-0.25, -0.2) is 0 Å². The van der Waals surface area contributed by atoms with Crippen LogP contribution in [0.1, 0.15) is 5.69 Å². The van der Waals surface area contributed by atoms with Gasteiger partial charge in [-0.2, -0.15) is 5.10 Å². The van der Waals surface area contributed by atoms with E-state index >= 15 is 0 Å². The smallest absolute Gasteiger partial charge is 0.0626 e. The number of nitrogens with one attached hydrogen (secondary N) is 1. The number of nitrogens with zero attached hydrogens (tertiary/aromatic N) is 1. The van der Waals surface area contributed by atoms with Crippen LogP contribution >= 0.6 is 11.8 Å². The highest BCUT2D eigenvalue weighted by Crippen LogP contribution is 2.15. The van der Waals surface area contributed by atoms with Crippen molar-refractivity contribution < 1.29 is 0 Å². The largest absolute Gasteiger partial charge is 0.282 e. The summed E-state index contributed by atoms with van der Waals surface area (Å²) in [6.45, 7) is 2.01. The molecule has 44 valence electrons. The fourth-order valence-corrected chi connectivity index (χ4v) is 1.06. The van der Waals surface area contributed by atoms with Crippen molar-refractivity contribution >= 4 is 11.8 Å². The van der Waals surface area contributed by atoms with Gasteiger partial charge in [-0.3, -0.25) is 5.10 Å². The minimum atomic E-state index is 1.15. The SMILES string of the molecule is CSc1cn[nH]c1C. The molecule has 8 heavy (non-hydrogen) atoms. The Hall–Kier alpha value is -0.440. The number of aryl methyl sites for hydroxylation is 1. The summed E-state index contributed by atoms with van der Waals surface area (Å²) in [4.78, 5) is 1.23. The molecule has 2 nitrogen and oxygen atoms in total. The molecule has 3 heteroatoms. The molecule has 1 N–H and O–H groups in total. The van der Waals surface area contributed by atoms with Crippen molar-refractivity contribution in [2.45, 2.75) is 11.8 Å². The van der Waals surface area contributed by atoms with E-state index in [0.29, 0.717) is 0 Å². The molecule has 0 amide bonds. The molecule has 0 unspecified atom stereocenters. The minimum absolute atomic E-state index is 1.15. The third kappa shape index (κ3) is 0.865. The Morgan fingerprint density at radius 3 is 2.75 bits per heavy atom. The van der Waals surface area contributed by atoms with E-state index in [-0.39, 0.29) is 0 Å². The summed E-state index contributed by atoms with van der Waals surface area (Å²) in [6.07, 6.45) is 3.87. The van der Waals surface area contributed by atoms with Gasteiger partial charge in [-0.15, -0.1) is 11.8 Å². The lowest BCUT2D eigenvalue weighted by atomic mass is 10.5. The van der Waals surface area contributed by atoms with Crippen molar-refractivity contribution in [1.82, 2.24) is 10.2 Å². The molecule has 0 fully saturated rings. The molecule has 1 rings (SSSR count). The van der Waals surface area contributed by atoms with Crippen LogP contribution in [-0.2, 0) is 0 Å². The van der Waals surface area contributed by atoms with Gasteiger partial charge in [0.2, 0.25) is 0 Å². The second-order valence-corrected chi connectivity index (χ2v) is 2.41. The maximum absolute atomic E-state index is 3.85. The molecule has 0 aliphatic heterocycles. The van der Waals surface area contributed by atoms with Crippen LogP contribution in [0.4, 0.5) is 0 Å². The molecule has 0 spiro atoms. The second-order valence-electron chi connectivity index (χ2n) is 1.56. The van der Waals surface area contributed by atoms with E-state index in [2.05, 4.69) is 10.2 Å². The highest BCUT2D eigenvalue weighted by atomic mass is 32.2. The van der Waals surface area contributed by atoms with E-state index in [1.54, 1.807) is 11.8 Å². The topological polar surface area (TPSA) is 28.7 Å². The van der Waals surface area contributed by atoms with E-state index < -0.39 is 0 Å². The van der Waals surface area contributed by atoms with Gasteiger partial charge in [0.15, 0.2) is 0 Å². The van der Waals surface area contributed by atoms with Crippen LogP contribution in [0.2, 0.25) is 0 Å². The molecule has 1 aromatic rings. The number of thioether (sulfide) groups is 1. The first-order valence-corrected chi connectivity index (χ1v) is 3.61. The van der Waals surface area contributed by atoms with E-state index in [4.69, 9.17) is 0 Å². The normalized spacial score (nSPS) is 9.75. The predicted octanol–water partition coefficient (Wildman–Crippen LogP) is 1.44. The molecular weight excluding hydrogens is 120 g/mol. The molecule has 0 atom stereocenters. The first kappa shape index (κ1) is 5.69. The van der Waals surface area contributed by atoms with Crippen LogP contribution < -0.4 is 0 Å². The van der Waals surface area contributed by atoms with Gasteiger partial charge in [-0.1, -0.05) is 0 Å². The van der Waals surface area contributed by atoms with Gasteiger partial charge in [-0.05, 0) is 13.2 Å². The summed E-state index contributed by atoms with van der Waals surface area (Å²) < 4.78 is 0. The Morgan fingerprint density at radius 2 is 2.50 bits per heavy atom. The molecular formula is C5H8N2S. The zero-order valence-electron chi connectivity index (χ0n) is 4.93. The predicted molar refractivity (Wildman–Crippen MR) is 35.1 cm³/mol. The Labute approximate surface area is 52.7 Å². The summed E-state index contributed by atoms with van der Waals surface area (Å²) in [5, 5.41) is 6.70. The van der Waals surface area contributed by atoms with Gasteiger partial charge in [0.05, 0.1) is 6.20 Å². The fourth-order valence-electron chi connectivity index (χ4n) is 0.545. The van der Waals surface area contributed by atoms with Crippen LogP contribution in [0.3, 0.4) is 0 Å². The van der Waals surface area contributed by atoms with Gasteiger partial charge in [0, 0.05) is 10.6 Å². The average Bonchev–Trinajstić information content (AvgIpc) is 2.14. The van der Waals surface area contributed by atoms with Gasteiger partial charge < -0.3 is 0 Å². The molecule has 0 bridgehead atoms. The first-order chi connectivity index (χ1) is 3.84. The Morgan fingerprint density at radius 1 is 1.75 bits per heavy atom. The lowest BCUT2D eigenvalue weighted by Crippen LogP contribution is -1.70. The molecule has 1 heterocycles. The summed E-state index contributed by atoms with van der Waals surface area (Å²) in [6, 6.07) is 0. The van der Waals surface area contributed by atoms with Crippen molar-refractivity contribution in [2.24, 2.45) is 0 Å². The molecule has 0 saturated heterocycles. The summed E-state index contributed by atoms with van der Waals surface area (Å²) >= 11 is 1.71. The van der Waals surface area contributed by atoms with Gasteiger partial charge in [0.25, 0.3) is 0 Å². The Bertz CT molecular complexity index is 171. The molecule has 0 radical (unpaired) electrons. The zero-order chi connectivity index (χ0) is 5.98. The van der Waals surface area contributed by atoms with Crippen LogP contribution in [0.25, 0.3) is 0 Å². The third-order valence-corrected chi connectivity index (χ3v) is 1.85. The van der Waals surface area contributed by atoms with Gasteiger partial charge >= 0.3 is 0 Å². The minimum Gasteiger partial charge on any atom is -0.282 e. The maximum atomic E-state index is 3.85. The van der Waals surface area contributed by atoms with Crippen LogP contribution in [0.15, 0.2) is 11.1 Å². The summed E-state index contributed by atoms with van der Waals surface area (Å²) in [5.41, 5.74) is 1.15. The number of rotatable bonds is 1. The van der Waals surface area contributed by atoms with E-state index in [1.165, 1.54) is 4.90 Å². The van der Waals surface area contributed by atoms with Gasteiger partial charge in [0.1, 0.15) is 0 Å². The fraction of sp³-hybridized carbons (Fsp3) is 0.400. The highest BCUT2D eigenvalue weighted by molar-refractivity contribution is 7.98. The zero-order valence-corrected chi connectivity index (χ0v) is 5.75. The lowest BCUT2D eigenvalue weighted by Gasteiger charge is -1.86. The molecule has 0 aliphatic carbocycles. The lowest BCUT2D eigenvalue weighted by molar-refractivity contribution is 1.04. The summed E-state index contributed by atoms with van der Waals surface area (Å²) in [7, 11) is 0. The maximum Gasteiger partial charge on any atom is 0.0626 e. The molecule has 0 saturated carbocycles. The Balaban J connectivity index is 2.92. The van der Waals surface area contributed by atoms with Crippen molar-refractivity contribution in [3.63, 3.8) is 0 Å². The van der Waals surface area contributed by atoms with Crippen molar-refractivity contribution in [1.29, 1.82) is 0 Å².